The molecule has 4 rings (SSSR count). The first-order chi connectivity index (χ1) is 12.2. The highest BCUT2D eigenvalue weighted by Crippen LogP contribution is 2.34. The maximum absolute atomic E-state index is 12.8. The molecular weight excluding hydrogens is 318 g/mol. The highest BCUT2D eigenvalue weighted by atomic mass is 16.5. The summed E-state index contributed by atoms with van der Waals surface area (Å²) in [4.78, 5) is 28.5. The number of benzene rings is 1. The van der Waals surface area contributed by atoms with Crippen LogP contribution in [0.25, 0.3) is 22.6 Å². The Morgan fingerprint density at radius 3 is 2.76 bits per heavy atom. The maximum atomic E-state index is 12.8. The largest absolute Gasteiger partial charge is 0.465 e. The lowest BCUT2D eigenvalue weighted by Crippen LogP contribution is -2.10. The van der Waals surface area contributed by atoms with E-state index in [1.807, 2.05) is 18.2 Å². The number of carbonyl (C=O) groups excluding carboxylic acids is 1. The van der Waals surface area contributed by atoms with Crippen molar-refractivity contribution in [3.05, 3.63) is 75.4 Å². The fourth-order valence-corrected chi connectivity index (χ4v) is 3.14. The zero-order valence-corrected chi connectivity index (χ0v) is 13.6. The molecule has 0 fully saturated rings. The number of hydrogen-bond acceptors (Lipinski definition) is 5. The average molecular weight is 333 g/mol. The number of nitrogens with zero attached hydrogens (tertiary/aromatic N) is 1. The van der Waals surface area contributed by atoms with Gasteiger partial charge in [0, 0.05) is 18.0 Å². The first kappa shape index (κ1) is 15.3. The molecule has 0 bridgehead atoms. The third-order valence-corrected chi connectivity index (χ3v) is 4.39. The van der Waals surface area contributed by atoms with Crippen LogP contribution in [0.1, 0.15) is 33.7 Å². The molecule has 2 aromatic heterocycles. The van der Waals surface area contributed by atoms with E-state index >= 15 is 0 Å². The Kier molecular flexibility index (Phi) is 3.69. The van der Waals surface area contributed by atoms with E-state index in [0.717, 1.165) is 17.6 Å². The molecule has 124 valence electrons. The molecule has 2 heterocycles. The molecule has 5 heteroatoms. The van der Waals surface area contributed by atoms with Gasteiger partial charge in [-0.3, -0.25) is 9.78 Å². The fraction of sp³-hybridized carbons (Fsp3) is 0.150. The standard InChI is InChI=1S/C20H15NO4/c1-24-20(23)14-3-5-17-16(11-14)18(22)15-4-2-13(19(15)25-17)10-12-6-8-21-9-7-12/h3,5-11H,2,4H2,1H3. The van der Waals surface area contributed by atoms with Crippen molar-refractivity contribution in [3.8, 4) is 0 Å². The van der Waals surface area contributed by atoms with E-state index in [1.165, 1.54) is 13.2 Å². The van der Waals surface area contributed by atoms with Crippen molar-refractivity contribution in [3.63, 3.8) is 0 Å². The highest BCUT2D eigenvalue weighted by Gasteiger charge is 2.24. The van der Waals surface area contributed by atoms with Crippen LogP contribution in [-0.2, 0) is 11.2 Å². The Bertz CT molecular complexity index is 1060. The average Bonchev–Trinajstić information content (AvgIpc) is 3.05. The molecule has 0 N–H and O–H groups in total. The minimum atomic E-state index is -0.472. The minimum Gasteiger partial charge on any atom is -0.465 e. The Labute approximate surface area is 143 Å². The van der Waals surface area contributed by atoms with Crippen molar-refractivity contribution in [1.82, 2.24) is 4.98 Å². The van der Waals surface area contributed by atoms with Crippen LogP contribution < -0.4 is 5.43 Å². The third kappa shape index (κ3) is 2.63. The summed E-state index contributed by atoms with van der Waals surface area (Å²) in [6.07, 6.45) is 6.86. The number of pyridine rings is 1. The van der Waals surface area contributed by atoms with E-state index in [4.69, 9.17) is 9.15 Å². The molecule has 0 radical (unpaired) electrons. The molecule has 0 amide bonds. The van der Waals surface area contributed by atoms with E-state index < -0.39 is 5.97 Å². The molecule has 1 aliphatic carbocycles. The van der Waals surface area contributed by atoms with Crippen molar-refractivity contribution < 1.29 is 13.9 Å². The van der Waals surface area contributed by atoms with Gasteiger partial charge in [-0.05, 0) is 60.4 Å². The third-order valence-electron chi connectivity index (χ3n) is 4.39. The number of ether oxygens (including phenoxy) is 1. The van der Waals surface area contributed by atoms with Crippen LogP contribution in [0.2, 0.25) is 0 Å². The van der Waals surface area contributed by atoms with Crippen LogP contribution in [0, 0.1) is 0 Å². The number of hydrogen-bond donors (Lipinski definition) is 0. The van der Waals surface area contributed by atoms with Crippen LogP contribution in [0.4, 0.5) is 0 Å². The molecule has 0 atom stereocenters. The molecule has 0 saturated heterocycles. The van der Waals surface area contributed by atoms with Gasteiger partial charge in [-0.2, -0.15) is 0 Å². The summed E-state index contributed by atoms with van der Waals surface area (Å²) >= 11 is 0. The highest BCUT2D eigenvalue weighted by molar-refractivity contribution is 5.95. The number of esters is 1. The van der Waals surface area contributed by atoms with Crippen molar-refractivity contribution in [2.75, 3.05) is 7.11 Å². The summed E-state index contributed by atoms with van der Waals surface area (Å²) in [5.41, 5.74) is 3.40. The smallest absolute Gasteiger partial charge is 0.337 e. The predicted molar refractivity (Wildman–Crippen MR) is 94.3 cm³/mol. The summed E-state index contributed by atoms with van der Waals surface area (Å²) in [5.74, 6) is 0.167. The summed E-state index contributed by atoms with van der Waals surface area (Å²) in [7, 11) is 1.31. The van der Waals surface area contributed by atoms with Gasteiger partial charge >= 0.3 is 5.97 Å². The lowest BCUT2D eigenvalue weighted by atomic mass is 10.1. The van der Waals surface area contributed by atoms with E-state index in [2.05, 4.69) is 4.98 Å². The van der Waals surface area contributed by atoms with Crippen LogP contribution in [-0.4, -0.2) is 18.1 Å². The van der Waals surface area contributed by atoms with Gasteiger partial charge in [-0.15, -0.1) is 0 Å². The van der Waals surface area contributed by atoms with Gasteiger partial charge in [0.25, 0.3) is 0 Å². The molecule has 1 aromatic carbocycles. The number of methoxy groups -OCH3 is 1. The Morgan fingerprint density at radius 2 is 2.00 bits per heavy atom. The molecule has 25 heavy (non-hydrogen) atoms. The van der Waals surface area contributed by atoms with Crippen LogP contribution in [0.5, 0.6) is 0 Å². The molecule has 0 spiro atoms. The quantitative estimate of drug-likeness (QED) is 0.672. The molecule has 0 unspecified atom stereocenters. The Morgan fingerprint density at radius 1 is 1.20 bits per heavy atom. The van der Waals surface area contributed by atoms with E-state index in [1.54, 1.807) is 24.5 Å². The number of fused-ring (bicyclic) bond motifs is 2. The second kappa shape index (κ2) is 6.02. The summed E-state index contributed by atoms with van der Waals surface area (Å²) < 4.78 is 10.7. The molecule has 0 saturated carbocycles. The SMILES string of the molecule is COC(=O)c1ccc2oc3c(c(=O)c2c1)CCC3=Cc1ccncc1. The number of carbonyl (C=O) groups is 1. The topological polar surface area (TPSA) is 69.4 Å². The normalized spacial score (nSPS) is 14.7. The van der Waals surface area contributed by atoms with Gasteiger partial charge in [0.2, 0.25) is 0 Å². The van der Waals surface area contributed by atoms with Crippen molar-refractivity contribution in [1.29, 1.82) is 0 Å². The molecule has 1 aliphatic rings. The van der Waals surface area contributed by atoms with Gasteiger partial charge in [0.05, 0.1) is 18.1 Å². The fourth-order valence-electron chi connectivity index (χ4n) is 3.14. The first-order valence-corrected chi connectivity index (χ1v) is 7.96. The number of allylic oxidation sites excluding steroid dienone is 1. The maximum Gasteiger partial charge on any atom is 0.337 e. The molecule has 5 nitrogen and oxygen atoms in total. The summed E-state index contributed by atoms with van der Waals surface area (Å²) in [5, 5.41) is 0.409. The number of rotatable bonds is 2. The van der Waals surface area contributed by atoms with Crippen LogP contribution >= 0.6 is 0 Å². The van der Waals surface area contributed by atoms with E-state index in [9.17, 15) is 9.59 Å². The van der Waals surface area contributed by atoms with Crippen molar-refractivity contribution in [2.45, 2.75) is 12.8 Å². The molecule has 3 aromatic rings. The molecular formula is C20H15NO4. The zero-order chi connectivity index (χ0) is 17.4. The van der Waals surface area contributed by atoms with E-state index in [0.29, 0.717) is 34.3 Å². The van der Waals surface area contributed by atoms with Gasteiger partial charge in [0.15, 0.2) is 5.43 Å². The molecule has 0 aliphatic heterocycles. The first-order valence-electron chi connectivity index (χ1n) is 7.96. The van der Waals surface area contributed by atoms with E-state index in [-0.39, 0.29) is 5.43 Å². The summed E-state index contributed by atoms with van der Waals surface area (Å²) in [6, 6.07) is 8.60. The lowest BCUT2D eigenvalue weighted by Gasteiger charge is -2.05. The lowest BCUT2D eigenvalue weighted by molar-refractivity contribution is 0.0601. The van der Waals surface area contributed by atoms with Crippen LogP contribution in [0.3, 0.4) is 0 Å². The van der Waals surface area contributed by atoms with Gasteiger partial charge in [-0.25, -0.2) is 4.79 Å². The van der Waals surface area contributed by atoms with Crippen molar-refractivity contribution in [2.24, 2.45) is 0 Å². The summed E-state index contributed by atoms with van der Waals surface area (Å²) in [6.45, 7) is 0. The van der Waals surface area contributed by atoms with Crippen molar-refractivity contribution >= 4 is 28.6 Å². The minimum absolute atomic E-state index is 0.0832. The monoisotopic (exact) mass is 333 g/mol. The van der Waals surface area contributed by atoms with Gasteiger partial charge in [-0.1, -0.05) is 0 Å². The zero-order valence-electron chi connectivity index (χ0n) is 13.6. The predicted octanol–water partition coefficient (Wildman–Crippen LogP) is 3.46. The Hall–Kier alpha value is -3.21. The second-order valence-electron chi connectivity index (χ2n) is 5.89. The number of aromatic nitrogens is 1. The van der Waals surface area contributed by atoms with Gasteiger partial charge < -0.3 is 9.15 Å². The van der Waals surface area contributed by atoms with Gasteiger partial charge in [0.1, 0.15) is 11.3 Å². The van der Waals surface area contributed by atoms with Crippen LogP contribution in [0.15, 0.2) is 51.9 Å². The second-order valence-corrected chi connectivity index (χ2v) is 5.89. The Balaban J connectivity index is 1.87.